The van der Waals surface area contributed by atoms with E-state index in [0.29, 0.717) is 10.8 Å². The molecular formula is C10H12N2O4S. The Bertz CT molecular complexity index is 441. The first kappa shape index (κ1) is 13.3. The number of nitrogens with zero attached hydrogens (tertiary/aromatic N) is 1. The second-order valence-electron chi connectivity index (χ2n) is 3.39. The van der Waals surface area contributed by atoms with Gasteiger partial charge in [-0.05, 0) is 6.42 Å². The fraction of sp³-hybridized carbons (Fsp3) is 0.400. The Morgan fingerprint density at radius 1 is 1.41 bits per heavy atom. The van der Waals surface area contributed by atoms with Crippen LogP contribution in [0.2, 0.25) is 0 Å². The molecule has 6 nitrogen and oxygen atoms in total. The summed E-state index contributed by atoms with van der Waals surface area (Å²) in [6.45, 7) is 1.40. The molecule has 0 aliphatic carbocycles. The molecule has 7 heteroatoms. The van der Waals surface area contributed by atoms with E-state index in [9.17, 15) is 14.4 Å². The topological polar surface area (TPSA) is 96.4 Å². The molecule has 0 saturated heterocycles. The van der Waals surface area contributed by atoms with Crippen LogP contribution in [0.3, 0.4) is 0 Å². The molecule has 0 radical (unpaired) electrons. The van der Waals surface area contributed by atoms with Gasteiger partial charge in [0.2, 0.25) is 5.91 Å². The van der Waals surface area contributed by atoms with Crippen LogP contribution in [-0.2, 0) is 9.59 Å². The lowest BCUT2D eigenvalue weighted by molar-refractivity contribution is -0.137. The number of carboxylic acids is 1. The van der Waals surface area contributed by atoms with Crippen molar-refractivity contribution in [3.05, 3.63) is 11.1 Å². The van der Waals surface area contributed by atoms with Gasteiger partial charge < -0.3 is 10.4 Å². The molecule has 0 saturated carbocycles. The van der Waals surface area contributed by atoms with Crippen molar-refractivity contribution in [2.75, 3.05) is 5.32 Å². The summed E-state index contributed by atoms with van der Waals surface area (Å²) in [5, 5.41) is 12.8. The number of hydrogen-bond acceptors (Lipinski definition) is 5. The zero-order valence-electron chi connectivity index (χ0n) is 9.23. The van der Waals surface area contributed by atoms with Crippen LogP contribution >= 0.6 is 11.3 Å². The second kappa shape index (κ2) is 6.09. The number of aromatic nitrogens is 1. The number of carboxylic acid groups (broad SMARTS) is 1. The van der Waals surface area contributed by atoms with Crippen LogP contribution in [0, 0.1) is 0 Å². The van der Waals surface area contributed by atoms with Crippen molar-refractivity contribution >= 4 is 34.1 Å². The zero-order valence-corrected chi connectivity index (χ0v) is 10.0. The van der Waals surface area contributed by atoms with Crippen LogP contribution in [0.15, 0.2) is 5.38 Å². The van der Waals surface area contributed by atoms with E-state index in [1.165, 1.54) is 18.3 Å². The van der Waals surface area contributed by atoms with Gasteiger partial charge in [0, 0.05) is 25.1 Å². The summed E-state index contributed by atoms with van der Waals surface area (Å²) in [5.41, 5.74) is 0.316. The van der Waals surface area contributed by atoms with E-state index in [0.717, 1.165) is 0 Å². The lowest BCUT2D eigenvalue weighted by Gasteiger charge is -1.99. The first-order chi connectivity index (χ1) is 7.99. The molecule has 1 heterocycles. The number of carbonyl (C=O) groups is 3. The van der Waals surface area contributed by atoms with E-state index in [1.54, 1.807) is 5.38 Å². The van der Waals surface area contributed by atoms with Crippen LogP contribution < -0.4 is 5.32 Å². The molecule has 17 heavy (non-hydrogen) atoms. The summed E-state index contributed by atoms with van der Waals surface area (Å²) in [6, 6.07) is 0. The van der Waals surface area contributed by atoms with E-state index < -0.39 is 5.97 Å². The van der Waals surface area contributed by atoms with E-state index in [2.05, 4.69) is 10.3 Å². The third-order valence-electron chi connectivity index (χ3n) is 1.91. The molecule has 2 N–H and O–H groups in total. The lowest BCUT2D eigenvalue weighted by atomic mass is 10.2. The van der Waals surface area contributed by atoms with Crippen LogP contribution in [0.1, 0.15) is 36.7 Å². The van der Waals surface area contributed by atoms with Gasteiger partial charge >= 0.3 is 5.97 Å². The fourth-order valence-corrected chi connectivity index (χ4v) is 1.84. The molecule has 1 aromatic heterocycles. The van der Waals surface area contributed by atoms with E-state index in [1.807, 2.05) is 0 Å². The van der Waals surface area contributed by atoms with Gasteiger partial charge in [-0.15, -0.1) is 11.3 Å². The first-order valence-corrected chi connectivity index (χ1v) is 5.85. The molecule has 0 fully saturated rings. The second-order valence-corrected chi connectivity index (χ2v) is 4.25. The van der Waals surface area contributed by atoms with Crippen molar-refractivity contribution in [1.29, 1.82) is 0 Å². The highest BCUT2D eigenvalue weighted by Crippen LogP contribution is 2.16. The minimum atomic E-state index is -0.925. The van der Waals surface area contributed by atoms with Gasteiger partial charge in [-0.3, -0.25) is 14.4 Å². The summed E-state index contributed by atoms with van der Waals surface area (Å²) >= 11 is 1.17. The largest absolute Gasteiger partial charge is 0.481 e. The molecule has 0 unspecified atom stereocenters. The Kier molecular flexibility index (Phi) is 4.77. The van der Waals surface area contributed by atoms with Crippen molar-refractivity contribution in [2.24, 2.45) is 0 Å². The Morgan fingerprint density at radius 3 is 2.65 bits per heavy atom. The first-order valence-electron chi connectivity index (χ1n) is 4.97. The molecule has 1 rings (SSSR count). The number of thiazole rings is 1. The van der Waals surface area contributed by atoms with Crippen molar-refractivity contribution < 1.29 is 19.5 Å². The maximum Gasteiger partial charge on any atom is 0.303 e. The van der Waals surface area contributed by atoms with E-state index in [4.69, 9.17) is 5.11 Å². The van der Waals surface area contributed by atoms with Gasteiger partial charge in [-0.2, -0.15) is 0 Å². The number of Topliss-reactive ketones (excluding diaryl/α,β-unsaturated/α-hetero) is 1. The number of hydrogen-bond donors (Lipinski definition) is 2. The number of carbonyl (C=O) groups excluding carboxylic acids is 2. The van der Waals surface area contributed by atoms with E-state index >= 15 is 0 Å². The summed E-state index contributed by atoms with van der Waals surface area (Å²) < 4.78 is 0. The monoisotopic (exact) mass is 256 g/mol. The van der Waals surface area contributed by atoms with Gasteiger partial charge in [-0.25, -0.2) is 4.98 Å². The maximum absolute atomic E-state index is 11.4. The molecule has 0 aliphatic heterocycles. The molecule has 0 atom stereocenters. The predicted octanol–water partition coefficient (Wildman–Crippen LogP) is 1.54. The third-order valence-corrected chi connectivity index (χ3v) is 2.66. The normalized spacial score (nSPS) is 9.94. The summed E-state index contributed by atoms with van der Waals surface area (Å²) in [4.78, 5) is 36.5. The third kappa shape index (κ3) is 4.73. The number of rotatable bonds is 6. The molecule has 0 spiro atoms. The Morgan fingerprint density at radius 2 is 2.12 bits per heavy atom. The lowest BCUT2D eigenvalue weighted by Crippen LogP contribution is -2.11. The van der Waals surface area contributed by atoms with Gasteiger partial charge in [0.15, 0.2) is 10.9 Å². The number of nitrogens with one attached hydrogen (secondary N) is 1. The van der Waals surface area contributed by atoms with Crippen molar-refractivity contribution in [1.82, 2.24) is 4.98 Å². The van der Waals surface area contributed by atoms with Crippen LogP contribution in [0.25, 0.3) is 0 Å². The number of aliphatic carboxylic acids is 1. The average molecular weight is 256 g/mol. The Hall–Kier alpha value is -1.76. The molecule has 92 valence electrons. The van der Waals surface area contributed by atoms with Crippen molar-refractivity contribution in [2.45, 2.75) is 26.2 Å². The van der Waals surface area contributed by atoms with Crippen LogP contribution in [0.4, 0.5) is 5.13 Å². The number of amides is 1. The summed E-state index contributed by atoms with van der Waals surface area (Å²) in [6.07, 6.45) is 0.372. The SMILES string of the molecule is CC(=O)c1csc(NC(=O)CCCC(=O)O)n1. The standard InChI is InChI=1S/C10H12N2O4S/c1-6(13)7-5-17-10(11-7)12-8(14)3-2-4-9(15)16/h5H,2-4H2,1H3,(H,15,16)(H,11,12,14). The highest BCUT2D eigenvalue weighted by Gasteiger charge is 2.09. The molecule has 0 aromatic carbocycles. The van der Waals surface area contributed by atoms with Gasteiger partial charge in [-0.1, -0.05) is 0 Å². The minimum Gasteiger partial charge on any atom is -0.481 e. The van der Waals surface area contributed by atoms with E-state index in [-0.39, 0.29) is 31.0 Å². The van der Waals surface area contributed by atoms with Crippen LogP contribution in [-0.4, -0.2) is 27.8 Å². The smallest absolute Gasteiger partial charge is 0.303 e. The summed E-state index contributed by atoms with van der Waals surface area (Å²) in [5.74, 6) is -1.38. The highest BCUT2D eigenvalue weighted by atomic mass is 32.1. The van der Waals surface area contributed by atoms with Crippen molar-refractivity contribution in [3.8, 4) is 0 Å². The number of anilines is 1. The predicted molar refractivity (Wildman–Crippen MR) is 62.2 cm³/mol. The Balaban J connectivity index is 2.39. The molecule has 0 bridgehead atoms. The average Bonchev–Trinajstić information content (AvgIpc) is 2.65. The van der Waals surface area contributed by atoms with Gasteiger partial charge in [0.05, 0.1) is 0 Å². The molecule has 0 aliphatic rings. The highest BCUT2D eigenvalue weighted by molar-refractivity contribution is 7.14. The van der Waals surface area contributed by atoms with Gasteiger partial charge in [0.1, 0.15) is 5.69 Å². The molecule has 1 aromatic rings. The number of ketones is 1. The quantitative estimate of drug-likeness (QED) is 0.752. The van der Waals surface area contributed by atoms with Gasteiger partial charge in [0.25, 0.3) is 0 Å². The zero-order chi connectivity index (χ0) is 12.8. The molecular weight excluding hydrogens is 244 g/mol. The summed E-state index contributed by atoms with van der Waals surface area (Å²) in [7, 11) is 0. The van der Waals surface area contributed by atoms with Crippen molar-refractivity contribution in [3.63, 3.8) is 0 Å². The maximum atomic E-state index is 11.4. The van der Waals surface area contributed by atoms with Crippen LogP contribution in [0.5, 0.6) is 0 Å². The molecule has 1 amide bonds. The Labute approximate surface area is 102 Å². The minimum absolute atomic E-state index is 0.0377. The fourth-order valence-electron chi connectivity index (χ4n) is 1.07.